The Labute approximate surface area is 118 Å². The molecule has 1 amide bonds. The molecule has 0 saturated carbocycles. The first-order chi connectivity index (χ1) is 9.78. The van der Waals surface area contributed by atoms with E-state index in [2.05, 4.69) is 4.98 Å². The van der Waals surface area contributed by atoms with Gasteiger partial charge in [0.1, 0.15) is 0 Å². The number of hydrogen-bond donors (Lipinski definition) is 1. The third-order valence-corrected chi connectivity index (χ3v) is 3.82. The number of hydrogen-bond acceptors (Lipinski definition) is 3. The number of rotatable bonds is 3. The van der Waals surface area contributed by atoms with Crippen molar-refractivity contribution >= 4 is 5.91 Å². The molecule has 1 atom stereocenters. The van der Waals surface area contributed by atoms with E-state index in [1.807, 2.05) is 39.9 Å². The summed E-state index contributed by atoms with van der Waals surface area (Å²) < 4.78 is 1.91. The van der Waals surface area contributed by atoms with Crippen molar-refractivity contribution in [2.24, 2.45) is 11.7 Å². The Morgan fingerprint density at radius 3 is 2.75 bits per heavy atom. The molecule has 1 aromatic heterocycles. The molecule has 3 rings (SSSR count). The minimum atomic E-state index is 0.0955. The lowest BCUT2D eigenvalue weighted by molar-refractivity contribution is 0.0787. The van der Waals surface area contributed by atoms with Crippen molar-refractivity contribution in [3.63, 3.8) is 0 Å². The lowest BCUT2D eigenvalue weighted by atomic mass is 10.1. The zero-order valence-corrected chi connectivity index (χ0v) is 11.3. The van der Waals surface area contributed by atoms with Gasteiger partial charge in [-0.05, 0) is 43.1 Å². The van der Waals surface area contributed by atoms with Crippen LogP contribution in [0.2, 0.25) is 0 Å². The van der Waals surface area contributed by atoms with Crippen molar-refractivity contribution in [1.29, 1.82) is 0 Å². The van der Waals surface area contributed by atoms with Gasteiger partial charge in [0.2, 0.25) is 0 Å². The number of nitrogens with zero attached hydrogens (tertiary/aromatic N) is 3. The molecule has 5 nitrogen and oxygen atoms in total. The van der Waals surface area contributed by atoms with E-state index >= 15 is 0 Å². The van der Waals surface area contributed by atoms with Gasteiger partial charge in [-0.2, -0.15) is 0 Å². The van der Waals surface area contributed by atoms with E-state index in [1.165, 1.54) is 0 Å². The van der Waals surface area contributed by atoms with Crippen molar-refractivity contribution in [3.8, 4) is 5.69 Å². The predicted molar refractivity (Wildman–Crippen MR) is 76.6 cm³/mol. The Morgan fingerprint density at radius 2 is 2.15 bits per heavy atom. The summed E-state index contributed by atoms with van der Waals surface area (Å²) in [5.41, 5.74) is 7.39. The Morgan fingerprint density at radius 1 is 1.35 bits per heavy atom. The fourth-order valence-electron chi connectivity index (χ4n) is 2.58. The Hall–Kier alpha value is -2.14. The molecule has 1 aromatic carbocycles. The average molecular weight is 270 g/mol. The van der Waals surface area contributed by atoms with Crippen molar-refractivity contribution in [2.45, 2.75) is 6.42 Å². The van der Waals surface area contributed by atoms with Crippen LogP contribution in [0.1, 0.15) is 16.8 Å². The highest BCUT2D eigenvalue weighted by atomic mass is 16.2. The van der Waals surface area contributed by atoms with Crippen LogP contribution in [0, 0.1) is 5.92 Å². The minimum absolute atomic E-state index is 0.0955. The summed E-state index contributed by atoms with van der Waals surface area (Å²) in [7, 11) is 0. The molecule has 2 heterocycles. The van der Waals surface area contributed by atoms with Gasteiger partial charge in [-0.1, -0.05) is 0 Å². The normalized spacial score (nSPS) is 18.4. The SMILES string of the molecule is NC[C@@H]1CCN(C(=O)c2ccc(-n3ccnc3)cc2)C1. The van der Waals surface area contributed by atoms with E-state index in [4.69, 9.17) is 5.73 Å². The van der Waals surface area contributed by atoms with E-state index in [-0.39, 0.29) is 5.91 Å². The van der Waals surface area contributed by atoms with E-state index in [1.54, 1.807) is 12.5 Å². The number of amides is 1. The number of nitrogens with two attached hydrogens (primary N) is 1. The maximum atomic E-state index is 12.4. The van der Waals surface area contributed by atoms with Crippen LogP contribution in [0.5, 0.6) is 0 Å². The molecule has 2 aromatic rings. The molecule has 0 aliphatic carbocycles. The molecule has 0 radical (unpaired) electrons. The molecule has 1 aliphatic heterocycles. The Bertz CT molecular complexity index is 576. The predicted octanol–water partition coefficient (Wildman–Crippen LogP) is 1.29. The molecule has 1 fully saturated rings. The second-order valence-electron chi connectivity index (χ2n) is 5.16. The lowest BCUT2D eigenvalue weighted by Crippen LogP contribution is -2.29. The molecular weight excluding hydrogens is 252 g/mol. The number of aromatic nitrogens is 2. The second kappa shape index (κ2) is 5.46. The van der Waals surface area contributed by atoms with Gasteiger partial charge in [-0.3, -0.25) is 4.79 Å². The molecule has 5 heteroatoms. The van der Waals surface area contributed by atoms with Crippen molar-refractivity contribution in [2.75, 3.05) is 19.6 Å². The van der Waals surface area contributed by atoms with Gasteiger partial charge >= 0.3 is 0 Å². The van der Waals surface area contributed by atoms with E-state index < -0.39 is 0 Å². The standard InChI is InChI=1S/C15H18N4O/c16-9-12-5-7-18(10-12)15(20)13-1-3-14(4-2-13)19-8-6-17-11-19/h1-4,6,8,11-12H,5,7,9-10,16H2/t12-/m0/s1. The largest absolute Gasteiger partial charge is 0.338 e. The monoisotopic (exact) mass is 270 g/mol. The first kappa shape index (κ1) is 12.9. The second-order valence-corrected chi connectivity index (χ2v) is 5.16. The maximum Gasteiger partial charge on any atom is 0.253 e. The minimum Gasteiger partial charge on any atom is -0.338 e. The van der Waals surface area contributed by atoms with Crippen LogP contribution in [0.15, 0.2) is 43.0 Å². The highest BCUT2D eigenvalue weighted by molar-refractivity contribution is 5.94. The van der Waals surface area contributed by atoms with E-state index in [0.717, 1.165) is 30.8 Å². The van der Waals surface area contributed by atoms with E-state index in [0.29, 0.717) is 12.5 Å². The van der Waals surface area contributed by atoms with Crippen LogP contribution in [0.3, 0.4) is 0 Å². The molecule has 0 unspecified atom stereocenters. The number of likely N-dealkylation sites (tertiary alicyclic amines) is 1. The summed E-state index contributed by atoms with van der Waals surface area (Å²) in [6, 6.07) is 7.61. The van der Waals surface area contributed by atoms with Gasteiger partial charge < -0.3 is 15.2 Å². The summed E-state index contributed by atoms with van der Waals surface area (Å²) >= 11 is 0. The first-order valence-electron chi connectivity index (χ1n) is 6.85. The van der Waals surface area contributed by atoms with Crippen LogP contribution in [-0.2, 0) is 0 Å². The average Bonchev–Trinajstić information content (AvgIpc) is 3.18. The van der Waals surface area contributed by atoms with Crippen LogP contribution in [-0.4, -0.2) is 40.0 Å². The lowest BCUT2D eigenvalue weighted by Gasteiger charge is -2.16. The van der Waals surface area contributed by atoms with Gasteiger partial charge in [0.15, 0.2) is 0 Å². The zero-order valence-electron chi connectivity index (χ0n) is 11.3. The number of benzene rings is 1. The highest BCUT2D eigenvalue weighted by Crippen LogP contribution is 2.18. The molecule has 1 saturated heterocycles. The number of carbonyl (C=O) groups excluding carboxylic acids is 1. The fraction of sp³-hybridized carbons (Fsp3) is 0.333. The van der Waals surface area contributed by atoms with Crippen molar-refractivity contribution in [1.82, 2.24) is 14.5 Å². The summed E-state index contributed by atoms with van der Waals surface area (Å²) in [4.78, 5) is 18.3. The highest BCUT2D eigenvalue weighted by Gasteiger charge is 2.25. The molecule has 20 heavy (non-hydrogen) atoms. The Kier molecular flexibility index (Phi) is 3.52. The van der Waals surface area contributed by atoms with Gasteiger partial charge in [-0.15, -0.1) is 0 Å². The van der Waals surface area contributed by atoms with Crippen LogP contribution in [0.4, 0.5) is 0 Å². The quantitative estimate of drug-likeness (QED) is 0.914. The first-order valence-corrected chi connectivity index (χ1v) is 6.85. The summed E-state index contributed by atoms with van der Waals surface area (Å²) in [6.07, 6.45) is 6.36. The van der Waals surface area contributed by atoms with E-state index in [9.17, 15) is 4.79 Å². The van der Waals surface area contributed by atoms with Crippen molar-refractivity contribution < 1.29 is 4.79 Å². The summed E-state index contributed by atoms with van der Waals surface area (Å²) in [5.74, 6) is 0.544. The molecule has 0 bridgehead atoms. The maximum absolute atomic E-state index is 12.4. The third-order valence-electron chi connectivity index (χ3n) is 3.82. The van der Waals surface area contributed by atoms with Crippen molar-refractivity contribution in [3.05, 3.63) is 48.5 Å². The summed E-state index contributed by atoms with van der Waals surface area (Å²) in [5, 5.41) is 0. The van der Waals surface area contributed by atoms with Crippen LogP contribution < -0.4 is 5.73 Å². The summed E-state index contributed by atoms with van der Waals surface area (Å²) in [6.45, 7) is 2.24. The molecule has 1 aliphatic rings. The van der Waals surface area contributed by atoms with Crippen LogP contribution in [0.25, 0.3) is 5.69 Å². The van der Waals surface area contributed by atoms with Gasteiger partial charge in [0.25, 0.3) is 5.91 Å². The van der Waals surface area contributed by atoms with Gasteiger partial charge in [0, 0.05) is 36.7 Å². The number of carbonyl (C=O) groups is 1. The van der Waals surface area contributed by atoms with Crippen LogP contribution >= 0.6 is 0 Å². The third kappa shape index (κ3) is 2.44. The number of imidazole rings is 1. The topological polar surface area (TPSA) is 64.2 Å². The molecule has 0 spiro atoms. The molecule has 104 valence electrons. The van der Waals surface area contributed by atoms with Gasteiger partial charge in [-0.25, -0.2) is 4.98 Å². The van der Waals surface area contributed by atoms with Gasteiger partial charge in [0.05, 0.1) is 6.33 Å². The smallest absolute Gasteiger partial charge is 0.253 e. The Balaban J connectivity index is 1.73. The zero-order chi connectivity index (χ0) is 13.9. The molecular formula is C15H18N4O. The fourth-order valence-corrected chi connectivity index (χ4v) is 2.58. The molecule has 2 N–H and O–H groups in total.